The average Bonchev–Trinajstić information content (AvgIpc) is 3.14. The summed E-state index contributed by atoms with van der Waals surface area (Å²) in [4.78, 5) is 12.3. The van der Waals surface area contributed by atoms with Crippen molar-refractivity contribution in [1.29, 1.82) is 0 Å². The molecule has 0 aliphatic carbocycles. The molecule has 140 valence electrons. The fraction of sp³-hybridized carbons (Fsp3) is 0.250. The minimum absolute atomic E-state index is 0.0230. The number of halogens is 1. The molecule has 0 unspecified atom stereocenters. The molecule has 0 bridgehead atoms. The van der Waals surface area contributed by atoms with Gasteiger partial charge in [0.15, 0.2) is 0 Å². The van der Waals surface area contributed by atoms with E-state index in [9.17, 15) is 4.79 Å². The van der Waals surface area contributed by atoms with Crippen LogP contribution in [0.25, 0.3) is 11.5 Å². The predicted octanol–water partition coefficient (Wildman–Crippen LogP) is 5.21. The molecule has 0 aliphatic heterocycles. The van der Waals surface area contributed by atoms with Crippen LogP contribution >= 0.6 is 11.6 Å². The maximum atomic E-state index is 12.3. The Kier molecular flexibility index (Phi) is 6.44. The largest absolute Gasteiger partial charge is 0.494 e. The quantitative estimate of drug-likeness (QED) is 0.538. The van der Waals surface area contributed by atoms with Gasteiger partial charge in [-0.3, -0.25) is 10.1 Å². The molecule has 0 spiro atoms. The van der Waals surface area contributed by atoms with Crippen molar-refractivity contribution in [2.24, 2.45) is 0 Å². The molecule has 1 aromatic heterocycles. The molecule has 0 saturated heterocycles. The molecule has 3 aromatic rings. The van der Waals surface area contributed by atoms with Crippen LogP contribution in [-0.4, -0.2) is 22.7 Å². The van der Waals surface area contributed by atoms with Crippen molar-refractivity contribution in [1.82, 2.24) is 10.2 Å². The highest BCUT2D eigenvalue weighted by Gasteiger charge is 2.13. The summed E-state index contributed by atoms with van der Waals surface area (Å²) in [5, 5.41) is 10.9. The molecule has 0 aliphatic rings. The van der Waals surface area contributed by atoms with Gasteiger partial charge in [0.2, 0.25) is 5.89 Å². The van der Waals surface area contributed by atoms with E-state index >= 15 is 0 Å². The van der Waals surface area contributed by atoms with E-state index in [2.05, 4.69) is 22.4 Å². The minimum Gasteiger partial charge on any atom is -0.494 e. The van der Waals surface area contributed by atoms with Crippen molar-refractivity contribution >= 4 is 23.5 Å². The molecule has 6 nitrogen and oxygen atoms in total. The second-order valence-electron chi connectivity index (χ2n) is 5.96. The minimum atomic E-state index is -0.339. The second kappa shape index (κ2) is 9.19. The van der Waals surface area contributed by atoms with Crippen LogP contribution in [0.2, 0.25) is 5.02 Å². The summed E-state index contributed by atoms with van der Waals surface area (Å²) < 4.78 is 11.1. The Labute approximate surface area is 162 Å². The van der Waals surface area contributed by atoms with Gasteiger partial charge in [-0.2, -0.15) is 0 Å². The van der Waals surface area contributed by atoms with E-state index in [1.165, 1.54) is 0 Å². The van der Waals surface area contributed by atoms with E-state index < -0.39 is 0 Å². The summed E-state index contributed by atoms with van der Waals surface area (Å²) in [6.45, 7) is 2.82. The molecule has 1 heterocycles. The summed E-state index contributed by atoms with van der Waals surface area (Å²) in [5.41, 5.74) is 1.15. The molecule has 3 rings (SSSR count). The van der Waals surface area contributed by atoms with Gasteiger partial charge in [-0.1, -0.05) is 42.5 Å². The number of amides is 1. The van der Waals surface area contributed by atoms with Crippen LogP contribution in [-0.2, 0) is 0 Å². The van der Waals surface area contributed by atoms with E-state index in [-0.39, 0.29) is 17.8 Å². The standard InChI is InChI=1S/C20H20ClN3O3/c1-2-3-4-12-26-17-10-8-14(9-11-17)18(25)22-20-24-23-19(27-20)15-6-5-7-16(21)13-15/h5-11,13H,2-4,12H2,1H3,(H,22,24,25). The van der Waals surface area contributed by atoms with Gasteiger partial charge in [0.05, 0.1) is 6.61 Å². The topological polar surface area (TPSA) is 77.2 Å². The molecule has 27 heavy (non-hydrogen) atoms. The maximum absolute atomic E-state index is 12.3. The number of unbranched alkanes of at least 4 members (excludes halogenated alkanes) is 2. The first-order valence-corrected chi connectivity index (χ1v) is 9.17. The third-order valence-electron chi connectivity index (χ3n) is 3.85. The normalized spacial score (nSPS) is 10.6. The molecule has 1 N–H and O–H groups in total. The summed E-state index contributed by atoms with van der Waals surface area (Å²) in [7, 11) is 0. The number of carbonyl (C=O) groups excluding carboxylic acids is 1. The van der Waals surface area contributed by atoms with E-state index in [0.29, 0.717) is 22.8 Å². The Morgan fingerprint density at radius 2 is 1.96 bits per heavy atom. The van der Waals surface area contributed by atoms with Crippen molar-refractivity contribution in [3.63, 3.8) is 0 Å². The van der Waals surface area contributed by atoms with Crippen LogP contribution in [0.4, 0.5) is 6.01 Å². The number of aromatic nitrogens is 2. The fourth-order valence-corrected chi connectivity index (χ4v) is 2.62. The third kappa shape index (κ3) is 5.31. The monoisotopic (exact) mass is 385 g/mol. The Balaban J connectivity index is 1.59. The van der Waals surface area contributed by atoms with Crippen molar-refractivity contribution in [3.8, 4) is 17.2 Å². The van der Waals surface area contributed by atoms with Gasteiger partial charge in [0.1, 0.15) is 5.75 Å². The van der Waals surface area contributed by atoms with Crippen LogP contribution in [0.5, 0.6) is 5.75 Å². The lowest BCUT2D eigenvalue weighted by Crippen LogP contribution is -2.12. The molecule has 0 fully saturated rings. The Morgan fingerprint density at radius 1 is 1.15 bits per heavy atom. The first-order valence-electron chi connectivity index (χ1n) is 8.79. The molecular weight excluding hydrogens is 366 g/mol. The van der Waals surface area contributed by atoms with Gasteiger partial charge < -0.3 is 9.15 Å². The number of rotatable bonds is 8. The number of benzene rings is 2. The van der Waals surface area contributed by atoms with Crippen molar-refractivity contribution < 1.29 is 13.9 Å². The second-order valence-corrected chi connectivity index (χ2v) is 6.39. The summed E-state index contributed by atoms with van der Waals surface area (Å²) in [6, 6.07) is 14.0. The Morgan fingerprint density at radius 3 is 2.70 bits per heavy atom. The Bertz CT molecular complexity index is 893. The fourth-order valence-electron chi connectivity index (χ4n) is 2.43. The van der Waals surface area contributed by atoms with E-state index in [1.54, 1.807) is 48.5 Å². The lowest BCUT2D eigenvalue weighted by Gasteiger charge is -2.06. The number of anilines is 1. The van der Waals surface area contributed by atoms with Crippen molar-refractivity contribution in [2.45, 2.75) is 26.2 Å². The molecule has 7 heteroatoms. The number of nitrogens with zero attached hydrogens (tertiary/aromatic N) is 2. The van der Waals surface area contributed by atoms with Gasteiger partial charge in [-0.25, -0.2) is 0 Å². The number of hydrogen-bond acceptors (Lipinski definition) is 5. The van der Waals surface area contributed by atoms with Crippen LogP contribution in [0.15, 0.2) is 52.9 Å². The summed E-state index contributed by atoms with van der Waals surface area (Å²) in [5.74, 6) is 0.682. The third-order valence-corrected chi connectivity index (χ3v) is 4.09. The molecule has 0 saturated carbocycles. The van der Waals surface area contributed by atoms with E-state index in [4.69, 9.17) is 20.8 Å². The van der Waals surface area contributed by atoms with Gasteiger partial charge in [-0.15, -0.1) is 5.10 Å². The summed E-state index contributed by atoms with van der Waals surface area (Å²) >= 11 is 5.96. The van der Waals surface area contributed by atoms with Gasteiger partial charge in [0.25, 0.3) is 5.91 Å². The maximum Gasteiger partial charge on any atom is 0.322 e. The highest BCUT2D eigenvalue weighted by atomic mass is 35.5. The van der Waals surface area contributed by atoms with Gasteiger partial charge in [0, 0.05) is 16.1 Å². The highest BCUT2D eigenvalue weighted by Crippen LogP contribution is 2.23. The highest BCUT2D eigenvalue weighted by molar-refractivity contribution is 6.30. The molecule has 0 atom stereocenters. The van der Waals surface area contributed by atoms with Crippen LogP contribution in [0.3, 0.4) is 0 Å². The lowest BCUT2D eigenvalue weighted by molar-refractivity contribution is 0.102. The van der Waals surface area contributed by atoms with Crippen molar-refractivity contribution in [3.05, 3.63) is 59.1 Å². The van der Waals surface area contributed by atoms with E-state index in [1.807, 2.05) is 0 Å². The molecule has 0 radical (unpaired) electrons. The number of carbonyl (C=O) groups is 1. The smallest absolute Gasteiger partial charge is 0.322 e. The lowest BCUT2D eigenvalue weighted by atomic mass is 10.2. The van der Waals surface area contributed by atoms with Crippen LogP contribution < -0.4 is 10.1 Å². The number of ether oxygens (including phenoxy) is 1. The van der Waals surface area contributed by atoms with Gasteiger partial charge >= 0.3 is 6.01 Å². The van der Waals surface area contributed by atoms with Crippen LogP contribution in [0, 0.1) is 0 Å². The predicted molar refractivity (Wildman–Crippen MR) is 104 cm³/mol. The first-order chi connectivity index (χ1) is 13.2. The molecule has 2 aromatic carbocycles. The van der Waals surface area contributed by atoms with Crippen LogP contribution in [0.1, 0.15) is 36.5 Å². The molecular formula is C20H20ClN3O3. The zero-order chi connectivity index (χ0) is 19.1. The molecule has 1 amide bonds. The Hall–Kier alpha value is -2.86. The zero-order valence-corrected chi connectivity index (χ0v) is 15.7. The summed E-state index contributed by atoms with van der Waals surface area (Å²) in [6.07, 6.45) is 3.31. The average molecular weight is 386 g/mol. The first kappa shape index (κ1) is 18.9. The van der Waals surface area contributed by atoms with Gasteiger partial charge in [-0.05, 0) is 48.9 Å². The number of hydrogen-bond donors (Lipinski definition) is 1. The van der Waals surface area contributed by atoms with Crippen molar-refractivity contribution in [2.75, 3.05) is 11.9 Å². The SMILES string of the molecule is CCCCCOc1ccc(C(=O)Nc2nnc(-c3cccc(Cl)c3)o2)cc1. The zero-order valence-electron chi connectivity index (χ0n) is 14.9. The van der Waals surface area contributed by atoms with E-state index in [0.717, 1.165) is 25.0 Å². The number of nitrogens with one attached hydrogen (secondary N) is 1.